The van der Waals surface area contributed by atoms with Crippen LogP contribution in [-0.2, 0) is 13.5 Å². The molecule has 1 aliphatic rings. The maximum absolute atomic E-state index is 12.5. The fraction of sp³-hybridized carbons (Fsp3) is 0.357. The normalized spacial score (nSPS) is 14.6. The van der Waals surface area contributed by atoms with Gasteiger partial charge in [0, 0.05) is 19.3 Å². The van der Waals surface area contributed by atoms with E-state index in [9.17, 15) is 4.79 Å². The molecule has 6 heteroatoms. The van der Waals surface area contributed by atoms with Gasteiger partial charge in [-0.15, -0.1) is 5.10 Å². The van der Waals surface area contributed by atoms with Crippen molar-refractivity contribution < 1.29 is 4.79 Å². The highest BCUT2D eigenvalue weighted by atomic mass is 16.2. The molecule has 0 saturated heterocycles. The molecule has 20 heavy (non-hydrogen) atoms. The van der Waals surface area contributed by atoms with Crippen LogP contribution >= 0.6 is 0 Å². The van der Waals surface area contributed by atoms with Crippen molar-refractivity contribution in [3.05, 3.63) is 36.0 Å². The van der Waals surface area contributed by atoms with Crippen LogP contribution in [0.4, 0.5) is 16.3 Å². The molecule has 1 aliphatic heterocycles. The number of carbonyl (C=O) groups is 1. The maximum Gasteiger partial charge on any atom is 0.327 e. The van der Waals surface area contributed by atoms with Gasteiger partial charge < -0.3 is 0 Å². The summed E-state index contributed by atoms with van der Waals surface area (Å²) in [6.45, 7) is 0.730. The molecule has 104 valence electrons. The summed E-state index contributed by atoms with van der Waals surface area (Å²) in [6, 6.07) is 7.94. The smallest absolute Gasteiger partial charge is 0.294 e. The Hall–Kier alpha value is -2.37. The summed E-state index contributed by atoms with van der Waals surface area (Å²) in [6.07, 6.45) is 4.68. The van der Waals surface area contributed by atoms with E-state index in [0.29, 0.717) is 5.82 Å². The Bertz CT molecular complexity index is 622. The zero-order valence-corrected chi connectivity index (χ0v) is 11.4. The third-order valence-corrected chi connectivity index (χ3v) is 3.55. The summed E-state index contributed by atoms with van der Waals surface area (Å²) in [4.78, 5) is 14.3. The largest absolute Gasteiger partial charge is 0.327 e. The van der Waals surface area contributed by atoms with Crippen LogP contribution in [0.25, 0.3) is 0 Å². The third-order valence-electron chi connectivity index (χ3n) is 3.55. The molecule has 2 heterocycles. The number of hydrogen-bond donors (Lipinski definition) is 1. The van der Waals surface area contributed by atoms with E-state index in [2.05, 4.69) is 21.7 Å². The Morgan fingerprint density at radius 2 is 2.15 bits per heavy atom. The van der Waals surface area contributed by atoms with Gasteiger partial charge in [0.25, 0.3) is 0 Å². The Morgan fingerprint density at radius 3 is 2.95 bits per heavy atom. The molecule has 0 atom stereocenters. The van der Waals surface area contributed by atoms with E-state index < -0.39 is 0 Å². The number of aromatic nitrogens is 3. The Labute approximate surface area is 117 Å². The number of nitrogens with one attached hydrogen (secondary N) is 1. The van der Waals surface area contributed by atoms with Crippen LogP contribution in [-0.4, -0.2) is 27.6 Å². The fourth-order valence-corrected chi connectivity index (χ4v) is 2.48. The Balaban J connectivity index is 1.86. The SMILES string of the molecule is Cn1nncc1NC(=O)N1CCCCc2ccccc21. The van der Waals surface area contributed by atoms with Crippen LogP contribution in [0, 0.1) is 0 Å². The van der Waals surface area contributed by atoms with Gasteiger partial charge in [0.1, 0.15) is 0 Å². The van der Waals surface area contributed by atoms with Gasteiger partial charge in [0.2, 0.25) is 0 Å². The summed E-state index contributed by atoms with van der Waals surface area (Å²) in [5.41, 5.74) is 2.22. The molecule has 0 radical (unpaired) electrons. The topological polar surface area (TPSA) is 63.1 Å². The van der Waals surface area contributed by atoms with Crippen LogP contribution in [0.5, 0.6) is 0 Å². The van der Waals surface area contributed by atoms with Crippen molar-refractivity contribution in [1.82, 2.24) is 15.0 Å². The monoisotopic (exact) mass is 271 g/mol. The molecule has 2 amide bonds. The molecule has 3 rings (SSSR count). The van der Waals surface area contributed by atoms with Crippen molar-refractivity contribution in [2.45, 2.75) is 19.3 Å². The lowest BCUT2D eigenvalue weighted by molar-refractivity contribution is 0.256. The second-order valence-electron chi connectivity index (χ2n) is 4.91. The zero-order valence-electron chi connectivity index (χ0n) is 11.4. The van der Waals surface area contributed by atoms with Crippen molar-refractivity contribution in [2.24, 2.45) is 7.05 Å². The number of nitrogens with zero attached hydrogens (tertiary/aromatic N) is 4. The van der Waals surface area contributed by atoms with Gasteiger partial charge in [0.05, 0.1) is 6.20 Å². The first-order valence-corrected chi connectivity index (χ1v) is 6.77. The van der Waals surface area contributed by atoms with Gasteiger partial charge in [-0.2, -0.15) is 0 Å². The van der Waals surface area contributed by atoms with E-state index in [0.717, 1.165) is 31.5 Å². The first-order valence-electron chi connectivity index (χ1n) is 6.77. The van der Waals surface area contributed by atoms with Gasteiger partial charge >= 0.3 is 6.03 Å². The number of carbonyl (C=O) groups excluding carboxylic acids is 1. The number of fused-ring (bicyclic) bond motifs is 1. The molecular weight excluding hydrogens is 254 g/mol. The summed E-state index contributed by atoms with van der Waals surface area (Å²) >= 11 is 0. The van der Waals surface area contributed by atoms with E-state index in [-0.39, 0.29) is 6.03 Å². The quantitative estimate of drug-likeness (QED) is 0.864. The zero-order chi connectivity index (χ0) is 13.9. The minimum Gasteiger partial charge on any atom is -0.294 e. The summed E-state index contributed by atoms with van der Waals surface area (Å²) in [5, 5.41) is 10.4. The minimum absolute atomic E-state index is 0.134. The number of hydrogen-bond acceptors (Lipinski definition) is 3. The summed E-state index contributed by atoms with van der Waals surface area (Å²) < 4.78 is 1.54. The third kappa shape index (κ3) is 2.36. The lowest BCUT2D eigenvalue weighted by Gasteiger charge is -2.23. The number of amides is 2. The highest BCUT2D eigenvalue weighted by molar-refractivity contribution is 6.01. The number of urea groups is 1. The second kappa shape index (κ2) is 5.32. The molecule has 0 unspecified atom stereocenters. The standard InChI is InChI=1S/C14H17N5O/c1-18-13(10-15-17-18)16-14(20)19-9-5-4-7-11-6-2-3-8-12(11)19/h2-3,6,8,10H,4-5,7,9H2,1H3,(H,16,20). The van der Waals surface area contributed by atoms with Crippen LogP contribution < -0.4 is 10.2 Å². The van der Waals surface area contributed by atoms with Gasteiger partial charge in [-0.25, -0.2) is 9.48 Å². The summed E-state index contributed by atoms with van der Waals surface area (Å²) in [5.74, 6) is 0.594. The molecule has 6 nitrogen and oxygen atoms in total. The Morgan fingerprint density at radius 1 is 1.30 bits per heavy atom. The average molecular weight is 271 g/mol. The number of anilines is 2. The van der Waals surface area contributed by atoms with E-state index in [1.807, 2.05) is 18.2 Å². The number of para-hydroxylation sites is 1. The average Bonchev–Trinajstić information content (AvgIpc) is 2.75. The van der Waals surface area contributed by atoms with Crippen molar-refractivity contribution in [3.63, 3.8) is 0 Å². The second-order valence-corrected chi connectivity index (χ2v) is 4.91. The van der Waals surface area contributed by atoms with E-state index in [4.69, 9.17) is 0 Å². The van der Waals surface area contributed by atoms with Crippen molar-refractivity contribution in [3.8, 4) is 0 Å². The minimum atomic E-state index is -0.134. The molecule has 0 saturated carbocycles. The van der Waals surface area contributed by atoms with Crippen LogP contribution in [0.15, 0.2) is 30.5 Å². The van der Waals surface area contributed by atoms with Crippen molar-refractivity contribution in [1.29, 1.82) is 0 Å². The first kappa shape index (κ1) is 12.7. The van der Waals surface area contributed by atoms with Gasteiger partial charge in [0.15, 0.2) is 5.82 Å². The summed E-state index contributed by atoms with van der Waals surface area (Å²) in [7, 11) is 1.75. The van der Waals surface area contributed by atoms with E-state index in [1.165, 1.54) is 5.56 Å². The van der Waals surface area contributed by atoms with Gasteiger partial charge in [-0.3, -0.25) is 10.2 Å². The Kier molecular flexibility index (Phi) is 3.37. The first-order chi connectivity index (χ1) is 9.75. The lowest BCUT2D eigenvalue weighted by Crippen LogP contribution is -2.36. The molecule has 0 bridgehead atoms. The molecule has 2 aromatic rings. The molecular formula is C14H17N5O. The molecule has 1 aromatic heterocycles. The van der Waals surface area contributed by atoms with Crippen LogP contribution in [0.1, 0.15) is 18.4 Å². The highest BCUT2D eigenvalue weighted by Crippen LogP contribution is 2.26. The molecule has 0 spiro atoms. The number of aryl methyl sites for hydroxylation is 2. The van der Waals surface area contributed by atoms with Crippen LogP contribution in [0.2, 0.25) is 0 Å². The van der Waals surface area contributed by atoms with Gasteiger partial charge in [-0.1, -0.05) is 23.4 Å². The van der Waals surface area contributed by atoms with E-state index in [1.54, 1.807) is 22.8 Å². The fourth-order valence-electron chi connectivity index (χ4n) is 2.48. The lowest BCUT2D eigenvalue weighted by atomic mass is 10.1. The van der Waals surface area contributed by atoms with Crippen molar-refractivity contribution in [2.75, 3.05) is 16.8 Å². The molecule has 0 aliphatic carbocycles. The highest BCUT2D eigenvalue weighted by Gasteiger charge is 2.21. The predicted molar refractivity (Wildman–Crippen MR) is 76.7 cm³/mol. The molecule has 0 fully saturated rings. The van der Waals surface area contributed by atoms with Gasteiger partial charge in [-0.05, 0) is 30.9 Å². The van der Waals surface area contributed by atoms with Crippen molar-refractivity contribution >= 4 is 17.5 Å². The van der Waals surface area contributed by atoms with Crippen LogP contribution in [0.3, 0.4) is 0 Å². The molecule has 1 aromatic carbocycles. The predicted octanol–water partition coefficient (Wildman–Crippen LogP) is 2.19. The number of rotatable bonds is 1. The number of benzene rings is 1. The maximum atomic E-state index is 12.5. The van der Waals surface area contributed by atoms with E-state index >= 15 is 0 Å². The molecule has 1 N–H and O–H groups in total.